The number of nitrogens with zero attached hydrogens (tertiary/aromatic N) is 2. The number of H-pyrrole nitrogens is 1. The van der Waals surface area contributed by atoms with Crippen molar-refractivity contribution < 1.29 is 18.7 Å². The molecule has 0 spiro atoms. The predicted molar refractivity (Wildman–Crippen MR) is 63.7 cm³/mol. The molecule has 0 aromatic carbocycles. The van der Waals surface area contributed by atoms with Crippen LogP contribution in [0.5, 0.6) is 0 Å². The number of likely N-dealkylation sites (N-methyl/N-ethyl adjacent to an activating group) is 1. The molecule has 2 N–H and O–H groups in total. The normalized spacial score (nSPS) is 30.1. The van der Waals surface area contributed by atoms with Gasteiger partial charge in [0.2, 0.25) is 5.82 Å². The second-order valence-corrected chi connectivity index (χ2v) is 4.63. The first-order chi connectivity index (χ1) is 9.36. The second kappa shape index (κ2) is 5.43. The van der Waals surface area contributed by atoms with Crippen LogP contribution in [0.3, 0.4) is 0 Å². The van der Waals surface area contributed by atoms with Crippen LogP contribution >= 0.6 is 0 Å². The Balaban J connectivity index is 2.42. The highest BCUT2D eigenvalue weighted by molar-refractivity contribution is 4.96. The highest BCUT2D eigenvalue weighted by atomic mass is 19.1. The third-order valence-corrected chi connectivity index (χ3v) is 3.33. The maximum absolute atomic E-state index is 14.3. The summed E-state index contributed by atoms with van der Waals surface area (Å²) < 4.78 is 33.6. The van der Waals surface area contributed by atoms with Crippen LogP contribution in [0.1, 0.15) is 19.6 Å². The quantitative estimate of drug-likeness (QED) is 0.766. The van der Waals surface area contributed by atoms with Gasteiger partial charge in [-0.3, -0.25) is 14.3 Å². The van der Waals surface area contributed by atoms with Crippen molar-refractivity contribution in [1.82, 2.24) is 14.6 Å². The van der Waals surface area contributed by atoms with Gasteiger partial charge in [-0.15, -0.1) is 0 Å². The third-order valence-electron chi connectivity index (χ3n) is 3.33. The van der Waals surface area contributed by atoms with Crippen molar-refractivity contribution >= 4 is 0 Å². The topological polar surface area (TPSA) is 87.6 Å². The lowest BCUT2D eigenvalue weighted by Crippen LogP contribution is -2.43. The summed E-state index contributed by atoms with van der Waals surface area (Å²) in [6, 6.07) is -0.980. The van der Waals surface area contributed by atoms with Crippen molar-refractivity contribution in [3.63, 3.8) is 0 Å². The number of ether oxygens (including phenoxy) is 1. The fourth-order valence-corrected chi connectivity index (χ4v) is 2.36. The number of hydrogen-bond acceptors (Lipinski definition) is 5. The molecule has 4 atom stereocenters. The fourth-order valence-electron chi connectivity index (χ4n) is 2.36. The number of aromatic nitrogens is 2. The molecule has 1 aromatic rings. The maximum Gasteiger partial charge on any atom is 0.330 e. The molecule has 1 saturated heterocycles. The van der Waals surface area contributed by atoms with Crippen molar-refractivity contribution in [1.29, 1.82) is 0 Å². The predicted octanol–water partition coefficient (Wildman–Crippen LogP) is 0.0108. The minimum Gasteiger partial charge on any atom is -0.350 e. The van der Waals surface area contributed by atoms with Crippen LogP contribution in [0.25, 0.3) is 0 Å². The van der Waals surface area contributed by atoms with E-state index in [4.69, 9.17) is 4.74 Å². The van der Waals surface area contributed by atoms with Gasteiger partial charge in [-0.2, -0.15) is 9.45 Å². The Labute approximate surface area is 112 Å². The van der Waals surface area contributed by atoms with Crippen molar-refractivity contribution in [2.75, 3.05) is 7.05 Å². The van der Waals surface area contributed by atoms with Gasteiger partial charge in [-0.25, -0.2) is 9.18 Å². The number of rotatable bonds is 3. The first-order valence-electron chi connectivity index (χ1n) is 6.09. The van der Waals surface area contributed by atoms with E-state index in [1.54, 1.807) is 11.9 Å². The SMILES string of the molecule is CCC1OC(n2cc(F)c(=O)[nH]c2=O)C(F)C1N(C)O. The zero-order chi connectivity index (χ0) is 15.0. The van der Waals surface area contributed by atoms with Crippen molar-refractivity contribution in [2.24, 2.45) is 0 Å². The second-order valence-electron chi connectivity index (χ2n) is 4.63. The van der Waals surface area contributed by atoms with E-state index in [1.165, 1.54) is 7.05 Å². The molecule has 112 valence electrons. The Morgan fingerprint density at radius 2 is 2.20 bits per heavy atom. The van der Waals surface area contributed by atoms with Gasteiger partial charge >= 0.3 is 5.69 Å². The zero-order valence-corrected chi connectivity index (χ0v) is 10.9. The van der Waals surface area contributed by atoms with Crippen molar-refractivity contribution in [3.8, 4) is 0 Å². The molecular weight excluding hydrogens is 276 g/mol. The van der Waals surface area contributed by atoms with Crippen molar-refractivity contribution in [3.05, 3.63) is 32.9 Å². The highest BCUT2D eigenvalue weighted by Crippen LogP contribution is 2.34. The molecule has 0 amide bonds. The van der Waals surface area contributed by atoms with Crippen LogP contribution in [0.4, 0.5) is 8.78 Å². The molecule has 0 aliphatic carbocycles. The Morgan fingerprint density at radius 1 is 1.55 bits per heavy atom. The summed E-state index contributed by atoms with van der Waals surface area (Å²) in [5.74, 6) is -1.21. The summed E-state index contributed by atoms with van der Waals surface area (Å²) in [5.41, 5.74) is -2.15. The molecule has 9 heteroatoms. The zero-order valence-electron chi connectivity index (χ0n) is 10.9. The minimum atomic E-state index is -1.75. The largest absolute Gasteiger partial charge is 0.350 e. The van der Waals surface area contributed by atoms with Crippen LogP contribution in [0, 0.1) is 5.82 Å². The van der Waals surface area contributed by atoms with E-state index in [9.17, 15) is 23.6 Å². The molecule has 1 aromatic heterocycles. The summed E-state index contributed by atoms with van der Waals surface area (Å²) in [7, 11) is 1.27. The monoisotopic (exact) mass is 291 g/mol. The number of hydrogen-bond donors (Lipinski definition) is 2. The first kappa shape index (κ1) is 14.8. The molecule has 20 heavy (non-hydrogen) atoms. The number of nitrogens with one attached hydrogen (secondary N) is 1. The van der Waals surface area contributed by atoms with Gasteiger partial charge in [0.25, 0.3) is 5.56 Å². The molecule has 1 aliphatic heterocycles. The van der Waals surface area contributed by atoms with E-state index in [1.807, 2.05) is 0 Å². The summed E-state index contributed by atoms with van der Waals surface area (Å²) in [6.07, 6.45) is -2.82. The maximum atomic E-state index is 14.3. The Hall–Kier alpha value is -1.58. The molecule has 0 bridgehead atoms. The molecule has 2 rings (SSSR count). The van der Waals surface area contributed by atoms with E-state index in [-0.39, 0.29) is 0 Å². The lowest BCUT2D eigenvalue weighted by atomic mass is 10.1. The average molecular weight is 291 g/mol. The van der Waals surface area contributed by atoms with E-state index in [2.05, 4.69) is 0 Å². The summed E-state index contributed by atoms with van der Waals surface area (Å²) in [5, 5.41) is 10.1. The van der Waals surface area contributed by atoms with E-state index in [0.29, 0.717) is 22.2 Å². The number of halogens is 2. The molecule has 0 radical (unpaired) electrons. The highest BCUT2D eigenvalue weighted by Gasteiger charge is 2.47. The summed E-state index contributed by atoms with van der Waals surface area (Å²) >= 11 is 0. The Bertz CT molecular complexity index is 600. The van der Waals surface area contributed by atoms with Gasteiger partial charge < -0.3 is 9.94 Å². The number of aromatic amines is 1. The number of alkyl halides is 1. The molecule has 0 saturated carbocycles. The molecule has 2 heterocycles. The van der Waals surface area contributed by atoms with Gasteiger partial charge in [-0.1, -0.05) is 6.92 Å². The molecule has 7 nitrogen and oxygen atoms in total. The lowest BCUT2D eigenvalue weighted by molar-refractivity contribution is -0.129. The Morgan fingerprint density at radius 3 is 2.70 bits per heavy atom. The van der Waals surface area contributed by atoms with Gasteiger partial charge in [0, 0.05) is 7.05 Å². The summed E-state index contributed by atoms with van der Waals surface area (Å²) in [6.45, 7) is 1.73. The first-order valence-corrected chi connectivity index (χ1v) is 6.09. The smallest absolute Gasteiger partial charge is 0.330 e. The molecular formula is C11H15F2N3O4. The van der Waals surface area contributed by atoms with Crippen LogP contribution < -0.4 is 11.2 Å². The standard InChI is InChI=1S/C11H15F2N3O4/c1-3-6-8(15(2)19)7(13)10(20-6)16-4-5(12)9(17)14-11(16)18/h4,6-8,10,19H,3H2,1-2H3,(H,14,17,18). The van der Waals surface area contributed by atoms with Gasteiger partial charge in [0.15, 0.2) is 12.4 Å². The average Bonchev–Trinajstić information content (AvgIpc) is 2.71. The molecule has 1 aliphatic rings. The summed E-state index contributed by atoms with van der Waals surface area (Å²) in [4.78, 5) is 24.3. The van der Waals surface area contributed by atoms with Gasteiger partial charge in [0.05, 0.1) is 18.3 Å². The van der Waals surface area contributed by atoms with E-state index in [0.717, 1.165) is 0 Å². The van der Waals surface area contributed by atoms with E-state index >= 15 is 0 Å². The third kappa shape index (κ3) is 2.39. The van der Waals surface area contributed by atoms with Crippen LogP contribution in [0.15, 0.2) is 15.8 Å². The molecule has 1 fully saturated rings. The fraction of sp³-hybridized carbons (Fsp3) is 0.636. The molecule has 4 unspecified atom stereocenters. The Kier molecular flexibility index (Phi) is 4.02. The van der Waals surface area contributed by atoms with Crippen LogP contribution in [-0.4, -0.2) is 45.2 Å². The lowest BCUT2D eigenvalue weighted by Gasteiger charge is -2.23. The minimum absolute atomic E-state index is 0.396. The van der Waals surface area contributed by atoms with Gasteiger partial charge in [-0.05, 0) is 6.42 Å². The van der Waals surface area contributed by atoms with Crippen LogP contribution in [0.2, 0.25) is 0 Å². The van der Waals surface area contributed by atoms with E-state index < -0.39 is 41.6 Å². The van der Waals surface area contributed by atoms with Gasteiger partial charge in [0.1, 0.15) is 0 Å². The number of hydroxylamine groups is 2. The van der Waals surface area contributed by atoms with Crippen LogP contribution in [-0.2, 0) is 4.74 Å². The van der Waals surface area contributed by atoms with Crippen molar-refractivity contribution in [2.45, 2.75) is 37.9 Å².